The summed E-state index contributed by atoms with van der Waals surface area (Å²) in [6.45, 7) is 5.69. The number of carbonyl (C=O) groups is 2. The highest BCUT2D eigenvalue weighted by molar-refractivity contribution is 9.10. The minimum Gasteiger partial charge on any atom is -0.464 e. The largest absolute Gasteiger partial charge is 0.464 e. The zero-order valence-corrected chi connectivity index (χ0v) is 14.0. The van der Waals surface area contributed by atoms with Crippen LogP contribution in [0.2, 0.25) is 0 Å². The molecule has 0 bridgehead atoms. The summed E-state index contributed by atoms with van der Waals surface area (Å²) in [5.74, 6) is -0.330. The Hall–Kier alpha value is -1.56. The van der Waals surface area contributed by atoms with Gasteiger partial charge in [0.05, 0.1) is 13.0 Å². The van der Waals surface area contributed by atoms with Gasteiger partial charge in [-0.25, -0.2) is 4.79 Å². The smallest absolute Gasteiger partial charge is 0.407 e. The van der Waals surface area contributed by atoms with Gasteiger partial charge in [0.1, 0.15) is 12.2 Å². The van der Waals surface area contributed by atoms with E-state index in [0.717, 1.165) is 10.0 Å². The molecule has 1 rings (SSSR count). The zero-order valence-electron chi connectivity index (χ0n) is 12.4. The van der Waals surface area contributed by atoms with Crippen LogP contribution in [0.3, 0.4) is 0 Å². The molecule has 0 saturated carbocycles. The molecule has 6 heteroatoms. The van der Waals surface area contributed by atoms with Crippen molar-refractivity contribution in [1.82, 2.24) is 5.32 Å². The molecular weight excluding hydrogens is 338 g/mol. The third-order valence-corrected chi connectivity index (χ3v) is 2.82. The van der Waals surface area contributed by atoms with Crippen molar-refractivity contribution < 1.29 is 19.1 Å². The highest BCUT2D eigenvalue weighted by Gasteiger charge is 2.15. The molecule has 1 N–H and O–H groups in total. The van der Waals surface area contributed by atoms with Gasteiger partial charge >= 0.3 is 12.1 Å². The molecule has 21 heavy (non-hydrogen) atoms. The number of hydrogen-bond donors (Lipinski definition) is 1. The van der Waals surface area contributed by atoms with Crippen LogP contribution in [-0.4, -0.2) is 30.8 Å². The average Bonchev–Trinajstić information content (AvgIpc) is 2.35. The molecule has 0 aromatic heterocycles. The minimum absolute atomic E-state index is 0.120. The lowest BCUT2D eigenvalue weighted by molar-refractivity contribution is -0.142. The van der Waals surface area contributed by atoms with Crippen LogP contribution in [0.1, 0.15) is 26.3 Å². The van der Waals surface area contributed by atoms with Crippen LogP contribution in [0.4, 0.5) is 4.79 Å². The molecule has 0 heterocycles. The number of hydrogen-bond acceptors (Lipinski definition) is 4. The summed E-state index contributed by atoms with van der Waals surface area (Å²) in [5, 5.41) is 2.52. The first-order valence-corrected chi connectivity index (χ1v) is 7.42. The van der Waals surface area contributed by atoms with E-state index in [1.54, 1.807) is 20.8 Å². The van der Waals surface area contributed by atoms with Gasteiger partial charge in [0.25, 0.3) is 0 Å². The maximum Gasteiger partial charge on any atom is 0.407 e. The summed E-state index contributed by atoms with van der Waals surface area (Å²) in [6.07, 6.45) is -0.314. The predicted octanol–water partition coefficient (Wildman–Crippen LogP) is 3.06. The first-order chi connectivity index (χ1) is 9.76. The van der Waals surface area contributed by atoms with E-state index in [0.29, 0.717) is 0 Å². The van der Waals surface area contributed by atoms with E-state index in [4.69, 9.17) is 9.47 Å². The second kappa shape index (κ2) is 8.02. The Morgan fingerprint density at radius 2 is 1.81 bits per heavy atom. The Kier molecular flexibility index (Phi) is 6.68. The van der Waals surface area contributed by atoms with Crippen molar-refractivity contribution in [1.29, 1.82) is 0 Å². The molecule has 0 atom stereocenters. The Morgan fingerprint density at radius 1 is 1.19 bits per heavy atom. The van der Waals surface area contributed by atoms with Crippen molar-refractivity contribution in [2.24, 2.45) is 0 Å². The van der Waals surface area contributed by atoms with Gasteiger partial charge in [-0.05, 0) is 38.5 Å². The fraction of sp³-hybridized carbons (Fsp3) is 0.467. The molecule has 1 aromatic rings. The number of alkyl carbamates (subject to hydrolysis) is 1. The van der Waals surface area contributed by atoms with Crippen molar-refractivity contribution >= 4 is 28.0 Å². The van der Waals surface area contributed by atoms with Crippen LogP contribution in [-0.2, 0) is 20.7 Å². The minimum atomic E-state index is -0.539. The summed E-state index contributed by atoms with van der Waals surface area (Å²) in [7, 11) is 0. The number of halogens is 1. The standard InChI is InChI=1S/C15H20BrNO4/c1-15(2,3)21-14(19)17-8-9-20-13(18)10-11-4-6-12(16)7-5-11/h4-7H,8-10H2,1-3H3,(H,17,19). The Morgan fingerprint density at radius 3 is 2.38 bits per heavy atom. The van der Waals surface area contributed by atoms with E-state index in [2.05, 4.69) is 21.2 Å². The second-order valence-electron chi connectivity index (χ2n) is 5.45. The molecule has 116 valence electrons. The maximum atomic E-state index is 11.6. The molecule has 0 fully saturated rings. The van der Waals surface area contributed by atoms with Crippen molar-refractivity contribution in [2.75, 3.05) is 13.2 Å². The van der Waals surface area contributed by atoms with Crippen LogP contribution < -0.4 is 5.32 Å². The van der Waals surface area contributed by atoms with Gasteiger partial charge in [-0.15, -0.1) is 0 Å². The summed E-state index contributed by atoms with van der Waals surface area (Å²) >= 11 is 3.33. The molecule has 1 aromatic carbocycles. The Balaban J connectivity index is 2.19. The molecule has 0 aliphatic rings. The highest BCUT2D eigenvalue weighted by atomic mass is 79.9. The Bertz CT molecular complexity index is 479. The van der Waals surface area contributed by atoms with Crippen LogP contribution in [0, 0.1) is 0 Å². The summed E-state index contributed by atoms with van der Waals surface area (Å²) in [5.41, 5.74) is 0.339. The second-order valence-corrected chi connectivity index (χ2v) is 6.37. The normalized spacial score (nSPS) is 10.9. The van der Waals surface area contributed by atoms with Crippen molar-refractivity contribution in [3.05, 3.63) is 34.3 Å². The third kappa shape index (κ3) is 8.34. The van der Waals surface area contributed by atoms with E-state index < -0.39 is 11.7 Å². The molecule has 5 nitrogen and oxygen atoms in total. The Labute approximate surface area is 133 Å². The number of benzene rings is 1. The number of ether oxygens (including phenoxy) is 2. The maximum absolute atomic E-state index is 11.6. The van der Waals surface area contributed by atoms with Crippen molar-refractivity contribution in [2.45, 2.75) is 32.8 Å². The quantitative estimate of drug-likeness (QED) is 0.649. The topological polar surface area (TPSA) is 64.6 Å². The molecular formula is C15H20BrNO4. The lowest BCUT2D eigenvalue weighted by Gasteiger charge is -2.19. The van der Waals surface area contributed by atoms with Crippen LogP contribution in [0.25, 0.3) is 0 Å². The van der Waals surface area contributed by atoms with Crippen LogP contribution >= 0.6 is 15.9 Å². The average molecular weight is 358 g/mol. The number of amides is 1. The third-order valence-electron chi connectivity index (χ3n) is 2.30. The zero-order chi connectivity index (χ0) is 15.9. The number of rotatable bonds is 5. The number of carbonyl (C=O) groups excluding carboxylic acids is 2. The summed E-state index contributed by atoms with van der Waals surface area (Å²) in [6, 6.07) is 7.44. The number of esters is 1. The first kappa shape index (κ1) is 17.5. The van der Waals surface area contributed by atoms with Gasteiger partial charge in [0, 0.05) is 4.47 Å². The molecule has 0 aliphatic carbocycles. The van der Waals surface area contributed by atoms with Gasteiger partial charge in [-0.1, -0.05) is 28.1 Å². The molecule has 0 spiro atoms. The van der Waals surface area contributed by atoms with E-state index in [1.165, 1.54) is 0 Å². The van der Waals surface area contributed by atoms with Gasteiger partial charge in [0.15, 0.2) is 0 Å². The monoisotopic (exact) mass is 357 g/mol. The van der Waals surface area contributed by atoms with E-state index >= 15 is 0 Å². The first-order valence-electron chi connectivity index (χ1n) is 6.63. The predicted molar refractivity (Wildman–Crippen MR) is 83.0 cm³/mol. The van der Waals surface area contributed by atoms with Crippen LogP contribution in [0.15, 0.2) is 28.7 Å². The van der Waals surface area contributed by atoms with Gasteiger partial charge < -0.3 is 14.8 Å². The molecule has 0 aliphatic heterocycles. The lowest BCUT2D eigenvalue weighted by Crippen LogP contribution is -2.34. The van der Waals surface area contributed by atoms with Crippen LogP contribution in [0.5, 0.6) is 0 Å². The number of nitrogens with one attached hydrogen (secondary N) is 1. The lowest BCUT2D eigenvalue weighted by atomic mass is 10.2. The molecule has 0 radical (unpaired) electrons. The molecule has 0 unspecified atom stereocenters. The van der Waals surface area contributed by atoms with Crippen molar-refractivity contribution in [3.8, 4) is 0 Å². The van der Waals surface area contributed by atoms with Gasteiger partial charge in [-0.3, -0.25) is 4.79 Å². The fourth-order valence-electron chi connectivity index (χ4n) is 1.45. The van der Waals surface area contributed by atoms with E-state index in [9.17, 15) is 9.59 Å². The fourth-order valence-corrected chi connectivity index (χ4v) is 1.72. The van der Waals surface area contributed by atoms with E-state index in [1.807, 2.05) is 24.3 Å². The SMILES string of the molecule is CC(C)(C)OC(=O)NCCOC(=O)Cc1ccc(Br)cc1. The summed E-state index contributed by atoms with van der Waals surface area (Å²) in [4.78, 5) is 22.9. The van der Waals surface area contributed by atoms with Crippen molar-refractivity contribution in [3.63, 3.8) is 0 Å². The molecule has 0 saturated heterocycles. The van der Waals surface area contributed by atoms with Gasteiger partial charge in [-0.2, -0.15) is 0 Å². The summed E-state index contributed by atoms with van der Waals surface area (Å²) < 4.78 is 11.1. The van der Waals surface area contributed by atoms with Gasteiger partial charge in [0.2, 0.25) is 0 Å². The molecule has 1 amide bonds. The van der Waals surface area contributed by atoms with E-state index in [-0.39, 0.29) is 25.5 Å². The highest BCUT2D eigenvalue weighted by Crippen LogP contribution is 2.11.